The predicted octanol–water partition coefficient (Wildman–Crippen LogP) is 3.66. The van der Waals surface area contributed by atoms with Crippen LogP contribution in [0.25, 0.3) is 0 Å². The Kier molecular flexibility index (Phi) is 6.01. The van der Waals surface area contributed by atoms with Gasteiger partial charge in [0, 0.05) is 12.5 Å². The van der Waals surface area contributed by atoms with E-state index in [2.05, 4.69) is 0 Å². The molecule has 3 fully saturated rings. The molecule has 208 valence electrons. The van der Waals surface area contributed by atoms with Crippen LogP contribution in [0.5, 0.6) is 17.2 Å². The molecule has 9 heteroatoms. The third-order valence-corrected chi connectivity index (χ3v) is 9.53. The van der Waals surface area contributed by atoms with E-state index in [0.29, 0.717) is 24.2 Å². The summed E-state index contributed by atoms with van der Waals surface area (Å²) in [7, 11) is 2.86. The Balaban J connectivity index is 1.57. The van der Waals surface area contributed by atoms with Crippen LogP contribution in [0.2, 0.25) is 0 Å². The number of carbonyl (C=O) groups excluding carboxylic acids is 4. The first-order valence-corrected chi connectivity index (χ1v) is 13.6. The minimum Gasteiger partial charge on any atom is -0.502 e. The second-order valence-corrected chi connectivity index (χ2v) is 11.2. The molecule has 9 nitrogen and oxygen atoms in total. The summed E-state index contributed by atoms with van der Waals surface area (Å²) in [6.45, 7) is 3.90. The number of carbonyl (C=O) groups is 4. The number of allylic oxidation sites excluding steroid dienone is 2. The van der Waals surface area contributed by atoms with Crippen LogP contribution in [-0.2, 0) is 19.2 Å². The van der Waals surface area contributed by atoms with Crippen molar-refractivity contribution >= 4 is 29.3 Å². The molecule has 6 atom stereocenters. The molecule has 2 heterocycles. The summed E-state index contributed by atoms with van der Waals surface area (Å²) in [4.78, 5) is 57.8. The monoisotopic (exact) mass is 544 g/mol. The van der Waals surface area contributed by atoms with E-state index in [1.54, 1.807) is 43.3 Å². The molecule has 0 bridgehead atoms. The number of imide groups is 2. The highest BCUT2D eigenvalue weighted by Crippen LogP contribution is 2.64. The van der Waals surface area contributed by atoms with Crippen LogP contribution in [0, 0.1) is 29.1 Å². The first-order valence-electron chi connectivity index (χ1n) is 13.6. The molecule has 6 rings (SSSR count). The van der Waals surface area contributed by atoms with Gasteiger partial charge in [-0.3, -0.25) is 24.1 Å². The Labute approximate surface area is 232 Å². The van der Waals surface area contributed by atoms with Crippen molar-refractivity contribution in [3.8, 4) is 17.2 Å². The summed E-state index contributed by atoms with van der Waals surface area (Å²) in [5.41, 5.74) is 0.802. The van der Waals surface area contributed by atoms with Crippen LogP contribution in [0.15, 0.2) is 54.1 Å². The van der Waals surface area contributed by atoms with E-state index in [1.165, 1.54) is 24.0 Å². The number of likely N-dealkylation sites (tertiary alicyclic amines) is 1. The van der Waals surface area contributed by atoms with Crippen molar-refractivity contribution in [1.29, 1.82) is 0 Å². The van der Waals surface area contributed by atoms with Crippen molar-refractivity contribution in [1.82, 2.24) is 4.90 Å². The summed E-state index contributed by atoms with van der Waals surface area (Å²) in [5, 5.41) is 10.6. The number of amides is 4. The maximum absolute atomic E-state index is 14.4. The second-order valence-electron chi connectivity index (χ2n) is 11.2. The Hall–Kier alpha value is -4.14. The van der Waals surface area contributed by atoms with E-state index in [1.807, 2.05) is 19.1 Å². The zero-order valence-corrected chi connectivity index (χ0v) is 22.9. The minimum atomic E-state index is -1.19. The van der Waals surface area contributed by atoms with E-state index < -0.39 is 35.0 Å². The van der Waals surface area contributed by atoms with Gasteiger partial charge in [0.25, 0.3) is 0 Å². The normalized spacial score (nSPS) is 31.1. The number of para-hydroxylation sites is 1. The molecule has 40 heavy (non-hydrogen) atoms. The van der Waals surface area contributed by atoms with E-state index >= 15 is 0 Å². The number of phenolic OH excluding ortho intramolecular Hbond substituents is 1. The molecule has 2 aromatic rings. The third-order valence-electron chi connectivity index (χ3n) is 9.53. The Morgan fingerprint density at radius 3 is 2.20 bits per heavy atom. The van der Waals surface area contributed by atoms with E-state index in [9.17, 15) is 24.3 Å². The second kappa shape index (κ2) is 9.21. The van der Waals surface area contributed by atoms with Gasteiger partial charge >= 0.3 is 0 Å². The fraction of sp³-hybridized carbons (Fsp3) is 0.419. The Morgan fingerprint density at radius 2 is 1.60 bits per heavy atom. The molecule has 1 N–H and O–H groups in total. The van der Waals surface area contributed by atoms with E-state index in [4.69, 9.17) is 9.47 Å². The number of aromatic hydroxyl groups is 1. The van der Waals surface area contributed by atoms with Gasteiger partial charge in [0.05, 0.1) is 43.1 Å². The van der Waals surface area contributed by atoms with Crippen LogP contribution in [0.4, 0.5) is 5.69 Å². The first kappa shape index (κ1) is 26.1. The molecule has 0 spiro atoms. The number of nitrogens with zero attached hydrogens (tertiary/aromatic N) is 2. The van der Waals surface area contributed by atoms with Crippen molar-refractivity contribution in [2.24, 2.45) is 29.1 Å². The molecule has 2 aromatic carbocycles. The number of fused-ring (bicyclic) bond motifs is 4. The van der Waals surface area contributed by atoms with Gasteiger partial charge in [-0.2, -0.15) is 0 Å². The fourth-order valence-electron chi connectivity index (χ4n) is 7.68. The molecule has 1 saturated carbocycles. The van der Waals surface area contributed by atoms with Crippen LogP contribution in [0.1, 0.15) is 38.2 Å². The van der Waals surface area contributed by atoms with Gasteiger partial charge in [-0.15, -0.1) is 0 Å². The fourth-order valence-corrected chi connectivity index (χ4v) is 7.68. The molecular weight excluding hydrogens is 512 g/mol. The highest BCUT2D eigenvalue weighted by atomic mass is 16.5. The lowest BCUT2D eigenvalue weighted by Gasteiger charge is -2.49. The number of ether oxygens (including phenoxy) is 2. The lowest BCUT2D eigenvalue weighted by Crippen LogP contribution is -2.48. The summed E-state index contributed by atoms with van der Waals surface area (Å²) in [6, 6.07) is 12.2. The zero-order valence-electron chi connectivity index (χ0n) is 22.9. The van der Waals surface area contributed by atoms with Crippen LogP contribution in [0.3, 0.4) is 0 Å². The van der Waals surface area contributed by atoms with Crippen molar-refractivity contribution in [2.45, 2.75) is 32.6 Å². The number of rotatable bonds is 5. The SMILES string of the molecule is CCN1C(=O)C2CC=C3C(CC4C(=O)N(c5ccccc5)C(=O)C4(C)C3c3cc(OC)c(O)c(OC)c3)C2C1=O. The van der Waals surface area contributed by atoms with Crippen LogP contribution < -0.4 is 14.4 Å². The van der Waals surface area contributed by atoms with E-state index in [0.717, 1.165) is 5.57 Å². The summed E-state index contributed by atoms with van der Waals surface area (Å²) < 4.78 is 10.9. The topological polar surface area (TPSA) is 113 Å². The summed E-state index contributed by atoms with van der Waals surface area (Å²) in [6.07, 6.45) is 2.67. The van der Waals surface area contributed by atoms with Crippen LogP contribution in [-0.4, -0.2) is 54.4 Å². The average Bonchev–Trinajstić information content (AvgIpc) is 3.32. The molecule has 2 saturated heterocycles. The molecule has 0 radical (unpaired) electrons. The largest absolute Gasteiger partial charge is 0.502 e. The first-order chi connectivity index (χ1) is 19.2. The predicted molar refractivity (Wildman–Crippen MR) is 145 cm³/mol. The van der Waals surface area contributed by atoms with Gasteiger partial charge in [0.2, 0.25) is 29.4 Å². The molecule has 4 aliphatic rings. The van der Waals surface area contributed by atoms with Gasteiger partial charge in [-0.1, -0.05) is 29.8 Å². The molecule has 2 aliphatic carbocycles. The number of anilines is 1. The number of hydrogen-bond acceptors (Lipinski definition) is 7. The average molecular weight is 545 g/mol. The summed E-state index contributed by atoms with van der Waals surface area (Å²) in [5.74, 6) is -3.66. The highest BCUT2D eigenvalue weighted by Gasteiger charge is 2.67. The molecule has 2 aliphatic heterocycles. The lowest BCUT2D eigenvalue weighted by atomic mass is 9.51. The highest BCUT2D eigenvalue weighted by molar-refractivity contribution is 6.24. The van der Waals surface area contributed by atoms with Gasteiger partial charge in [-0.25, -0.2) is 4.90 Å². The molecule has 6 unspecified atom stereocenters. The van der Waals surface area contributed by atoms with Crippen LogP contribution >= 0.6 is 0 Å². The summed E-state index contributed by atoms with van der Waals surface area (Å²) >= 11 is 0. The van der Waals surface area contributed by atoms with Crippen molar-refractivity contribution < 1.29 is 33.8 Å². The molecule has 4 amide bonds. The van der Waals surface area contributed by atoms with Crippen molar-refractivity contribution in [3.63, 3.8) is 0 Å². The maximum atomic E-state index is 14.4. The Morgan fingerprint density at radius 1 is 0.950 bits per heavy atom. The quantitative estimate of drug-likeness (QED) is 0.452. The smallest absolute Gasteiger partial charge is 0.241 e. The maximum Gasteiger partial charge on any atom is 0.241 e. The zero-order chi connectivity index (χ0) is 28.5. The third kappa shape index (κ3) is 3.33. The number of phenols is 1. The number of methoxy groups -OCH3 is 2. The Bertz CT molecular complexity index is 1440. The standard InChI is InChI=1S/C31H32N2O7/c1-5-32-27(35)19-12-11-18-20(24(19)29(32)37)15-21-28(36)33(17-9-7-6-8-10-17)30(38)31(21,2)25(18)16-13-22(39-3)26(34)23(14-16)40-4/h6-11,13-14,19-21,24-25,34H,5,12,15H2,1-4H3. The lowest BCUT2D eigenvalue weighted by molar-refractivity contribution is -0.140. The van der Waals surface area contributed by atoms with Crippen molar-refractivity contribution in [3.05, 3.63) is 59.7 Å². The molecule has 0 aromatic heterocycles. The van der Waals surface area contributed by atoms with E-state index in [-0.39, 0.29) is 47.3 Å². The minimum absolute atomic E-state index is 0.171. The van der Waals surface area contributed by atoms with Crippen molar-refractivity contribution in [2.75, 3.05) is 25.7 Å². The molecular formula is C31H32N2O7. The van der Waals surface area contributed by atoms with Gasteiger partial charge in [0.15, 0.2) is 11.5 Å². The number of benzene rings is 2. The van der Waals surface area contributed by atoms with Gasteiger partial charge < -0.3 is 14.6 Å². The van der Waals surface area contributed by atoms with Gasteiger partial charge in [0.1, 0.15) is 0 Å². The number of hydrogen-bond donors (Lipinski definition) is 1. The van der Waals surface area contributed by atoms with Gasteiger partial charge in [-0.05, 0) is 62.4 Å².